The first kappa shape index (κ1) is 14.4. The summed E-state index contributed by atoms with van der Waals surface area (Å²) in [6, 6.07) is 4.37. The second-order valence-corrected chi connectivity index (χ2v) is 7.08. The number of amides is 2. The highest BCUT2D eigenvalue weighted by atomic mass is 32.1. The van der Waals surface area contributed by atoms with Crippen LogP contribution in [0, 0.1) is 11.8 Å². The fourth-order valence-electron chi connectivity index (χ4n) is 2.94. The summed E-state index contributed by atoms with van der Waals surface area (Å²) in [4.78, 5) is 28.7. The van der Waals surface area contributed by atoms with Crippen molar-refractivity contribution in [1.29, 1.82) is 0 Å². The van der Waals surface area contributed by atoms with E-state index in [1.807, 2.05) is 29.3 Å². The van der Waals surface area contributed by atoms with Crippen LogP contribution in [-0.4, -0.2) is 46.0 Å². The number of hydrogen-bond donors (Lipinski definition) is 1. The van der Waals surface area contributed by atoms with Crippen LogP contribution in [0.4, 0.5) is 4.79 Å². The average Bonchev–Trinajstić information content (AvgIpc) is 3.00. The summed E-state index contributed by atoms with van der Waals surface area (Å²) in [7, 11) is 0. The quantitative estimate of drug-likeness (QED) is 0.929. The minimum atomic E-state index is -0.797. The van der Waals surface area contributed by atoms with Crippen LogP contribution in [0.1, 0.15) is 24.6 Å². The van der Waals surface area contributed by atoms with Gasteiger partial charge in [-0.3, -0.25) is 4.79 Å². The Labute approximate surface area is 128 Å². The molecule has 2 unspecified atom stereocenters. The molecule has 2 fully saturated rings. The van der Waals surface area contributed by atoms with Crippen LogP contribution in [0.2, 0.25) is 0 Å². The predicted molar refractivity (Wildman–Crippen MR) is 80.1 cm³/mol. The molecule has 5 nitrogen and oxygen atoms in total. The molecule has 1 N–H and O–H groups in total. The van der Waals surface area contributed by atoms with E-state index in [0.717, 1.165) is 12.8 Å². The Morgan fingerprint density at radius 2 is 2.19 bits per heavy atom. The van der Waals surface area contributed by atoms with E-state index in [2.05, 4.69) is 0 Å². The van der Waals surface area contributed by atoms with Gasteiger partial charge in [-0.05, 0) is 30.2 Å². The molecule has 1 aromatic heterocycles. The molecule has 1 saturated carbocycles. The molecule has 2 heterocycles. The number of likely N-dealkylation sites (tertiary alicyclic amines) is 1. The third-order valence-corrected chi connectivity index (χ3v) is 5.20. The van der Waals surface area contributed by atoms with Crippen molar-refractivity contribution in [3.05, 3.63) is 22.4 Å². The van der Waals surface area contributed by atoms with Gasteiger partial charge in [0.15, 0.2) is 0 Å². The van der Waals surface area contributed by atoms with Crippen molar-refractivity contribution >= 4 is 23.3 Å². The molecule has 2 atom stereocenters. The molecule has 1 aromatic rings. The van der Waals surface area contributed by atoms with Crippen molar-refractivity contribution in [2.45, 2.75) is 32.4 Å². The maximum absolute atomic E-state index is 12.7. The zero-order valence-corrected chi connectivity index (χ0v) is 12.9. The van der Waals surface area contributed by atoms with Crippen LogP contribution in [0.25, 0.3) is 0 Å². The minimum Gasteiger partial charge on any atom is -0.481 e. The Bertz CT molecular complexity index is 527. The first-order chi connectivity index (χ1) is 10.1. The molecule has 2 aliphatic rings. The molecular formula is C15H20N2O3S. The molecule has 2 amide bonds. The number of urea groups is 1. The second-order valence-electron chi connectivity index (χ2n) is 6.05. The molecular weight excluding hydrogens is 288 g/mol. The standard InChI is InChI=1S/C15H20N2O3S/c1-10-7-16(9-13(10)14(18)19)15(20)17(11-4-5-11)8-12-3-2-6-21-12/h2-3,6,10-11,13H,4-5,7-9H2,1H3,(H,18,19). The number of carbonyl (C=O) groups excluding carboxylic acids is 1. The number of hydrogen-bond acceptors (Lipinski definition) is 3. The van der Waals surface area contributed by atoms with Crippen molar-refractivity contribution in [1.82, 2.24) is 9.80 Å². The van der Waals surface area contributed by atoms with Crippen LogP contribution in [0.3, 0.4) is 0 Å². The monoisotopic (exact) mass is 308 g/mol. The van der Waals surface area contributed by atoms with Crippen LogP contribution in [0.5, 0.6) is 0 Å². The van der Waals surface area contributed by atoms with Gasteiger partial charge >= 0.3 is 12.0 Å². The zero-order valence-electron chi connectivity index (χ0n) is 12.1. The Kier molecular flexibility index (Phi) is 3.89. The van der Waals surface area contributed by atoms with Gasteiger partial charge in [0.2, 0.25) is 0 Å². The van der Waals surface area contributed by atoms with E-state index in [1.54, 1.807) is 16.2 Å². The maximum Gasteiger partial charge on any atom is 0.320 e. The van der Waals surface area contributed by atoms with E-state index >= 15 is 0 Å². The topological polar surface area (TPSA) is 60.9 Å². The first-order valence-electron chi connectivity index (χ1n) is 7.37. The second kappa shape index (κ2) is 5.67. The lowest BCUT2D eigenvalue weighted by molar-refractivity contribution is -0.142. The summed E-state index contributed by atoms with van der Waals surface area (Å²) >= 11 is 1.66. The molecule has 1 aliphatic heterocycles. The lowest BCUT2D eigenvalue weighted by Gasteiger charge is -2.27. The van der Waals surface area contributed by atoms with Gasteiger partial charge < -0.3 is 14.9 Å². The van der Waals surface area contributed by atoms with Crippen LogP contribution < -0.4 is 0 Å². The van der Waals surface area contributed by atoms with E-state index in [9.17, 15) is 14.7 Å². The van der Waals surface area contributed by atoms with E-state index < -0.39 is 11.9 Å². The fraction of sp³-hybridized carbons (Fsp3) is 0.600. The average molecular weight is 308 g/mol. The van der Waals surface area contributed by atoms with Gasteiger partial charge in [-0.25, -0.2) is 4.79 Å². The summed E-state index contributed by atoms with van der Waals surface area (Å²) in [6.45, 7) is 3.43. The molecule has 0 radical (unpaired) electrons. The van der Waals surface area contributed by atoms with E-state index in [4.69, 9.17) is 0 Å². The molecule has 0 aromatic carbocycles. The largest absolute Gasteiger partial charge is 0.481 e. The predicted octanol–water partition coefficient (Wildman–Crippen LogP) is 2.49. The SMILES string of the molecule is CC1CN(C(=O)N(Cc2cccs2)C2CC2)CC1C(=O)O. The number of thiophene rings is 1. The summed E-state index contributed by atoms with van der Waals surface area (Å²) in [5.41, 5.74) is 0. The van der Waals surface area contributed by atoms with Crippen molar-refractivity contribution < 1.29 is 14.7 Å². The maximum atomic E-state index is 12.7. The first-order valence-corrected chi connectivity index (χ1v) is 8.25. The normalized spacial score (nSPS) is 25.1. The van der Waals surface area contributed by atoms with E-state index in [1.165, 1.54) is 4.88 Å². The van der Waals surface area contributed by atoms with Gasteiger partial charge in [0.25, 0.3) is 0 Å². The van der Waals surface area contributed by atoms with Gasteiger partial charge in [0.05, 0.1) is 12.5 Å². The summed E-state index contributed by atoms with van der Waals surface area (Å²) < 4.78 is 0. The Balaban J connectivity index is 1.69. The van der Waals surface area contributed by atoms with Gasteiger partial charge in [0.1, 0.15) is 0 Å². The smallest absolute Gasteiger partial charge is 0.320 e. The third kappa shape index (κ3) is 3.05. The lowest BCUT2D eigenvalue weighted by Crippen LogP contribution is -2.43. The van der Waals surface area contributed by atoms with Crippen LogP contribution in [0.15, 0.2) is 17.5 Å². The molecule has 114 valence electrons. The van der Waals surface area contributed by atoms with Crippen LogP contribution in [-0.2, 0) is 11.3 Å². The molecule has 3 rings (SSSR count). The zero-order chi connectivity index (χ0) is 15.0. The number of carbonyl (C=O) groups is 2. The van der Waals surface area contributed by atoms with Crippen molar-refractivity contribution in [2.75, 3.05) is 13.1 Å². The number of rotatable bonds is 4. The number of carboxylic acid groups (broad SMARTS) is 1. The van der Waals surface area contributed by atoms with Gasteiger partial charge in [-0.15, -0.1) is 11.3 Å². The third-order valence-electron chi connectivity index (χ3n) is 4.34. The van der Waals surface area contributed by atoms with Gasteiger partial charge in [-0.1, -0.05) is 13.0 Å². The fourth-order valence-corrected chi connectivity index (χ4v) is 3.64. The van der Waals surface area contributed by atoms with Crippen molar-refractivity contribution in [3.63, 3.8) is 0 Å². The number of nitrogens with zero attached hydrogens (tertiary/aromatic N) is 2. The van der Waals surface area contributed by atoms with Crippen LogP contribution >= 0.6 is 11.3 Å². The number of aliphatic carboxylic acids is 1. The Morgan fingerprint density at radius 3 is 2.71 bits per heavy atom. The van der Waals surface area contributed by atoms with E-state index in [0.29, 0.717) is 25.7 Å². The minimum absolute atomic E-state index is 0.00139. The van der Waals surface area contributed by atoms with Crippen molar-refractivity contribution in [2.24, 2.45) is 11.8 Å². The molecule has 6 heteroatoms. The Morgan fingerprint density at radius 1 is 1.43 bits per heavy atom. The van der Waals surface area contributed by atoms with Gasteiger partial charge in [0, 0.05) is 24.0 Å². The lowest BCUT2D eigenvalue weighted by atomic mass is 9.99. The summed E-state index contributed by atoms with van der Waals surface area (Å²) in [5.74, 6) is -1.21. The molecule has 1 saturated heterocycles. The molecule has 21 heavy (non-hydrogen) atoms. The summed E-state index contributed by atoms with van der Waals surface area (Å²) in [6.07, 6.45) is 2.12. The highest BCUT2D eigenvalue weighted by Gasteiger charge is 2.41. The van der Waals surface area contributed by atoms with Crippen molar-refractivity contribution in [3.8, 4) is 0 Å². The molecule has 0 spiro atoms. The molecule has 1 aliphatic carbocycles. The highest BCUT2D eigenvalue weighted by molar-refractivity contribution is 7.09. The molecule has 0 bridgehead atoms. The number of carboxylic acids is 1. The van der Waals surface area contributed by atoms with E-state index in [-0.39, 0.29) is 11.9 Å². The highest BCUT2D eigenvalue weighted by Crippen LogP contribution is 2.32. The summed E-state index contributed by atoms with van der Waals surface area (Å²) in [5, 5.41) is 11.2. The Hall–Kier alpha value is -1.56. The van der Waals surface area contributed by atoms with Gasteiger partial charge in [-0.2, -0.15) is 0 Å².